The van der Waals surface area contributed by atoms with Crippen molar-refractivity contribution < 1.29 is 13.2 Å². The first-order valence-corrected chi connectivity index (χ1v) is 10.9. The fraction of sp³-hybridized carbons (Fsp3) is 0.429. The van der Waals surface area contributed by atoms with Gasteiger partial charge in [0.25, 0.3) is 10.2 Å². The quantitative estimate of drug-likeness (QED) is 0.771. The van der Waals surface area contributed by atoms with Crippen LogP contribution >= 0.6 is 0 Å². The third kappa shape index (κ3) is 5.11. The molecule has 6 nitrogen and oxygen atoms in total. The molecule has 1 aliphatic rings. The van der Waals surface area contributed by atoms with Crippen molar-refractivity contribution in [2.24, 2.45) is 0 Å². The lowest BCUT2D eigenvalue weighted by Gasteiger charge is -2.39. The van der Waals surface area contributed by atoms with Gasteiger partial charge >= 0.3 is 0 Å². The zero-order chi connectivity index (χ0) is 20.1. The van der Waals surface area contributed by atoms with E-state index in [4.69, 9.17) is 4.74 Å². The molecule has 28 heavy (non-hydrogen) atoms. The third-order valence-electron chi connectivity index (χ3n) is 5.25. The first kappa shape index (κ1) is 20.8. The molecule has 1 fully saturated rings. The van der Waals surface area contributed by atoms with Crippen molar-refractivity contribution in [3.8, 4) is 5.75 Å². The molecule has 2 aromatic rings. The van der Waals surface area contributed by atoms with Crippen LogP contribution in [-0.4, -0.2) is 58.0 Å². The summed E-state index contributed by atoms with van der Waals surface area (Å²) in [6, 6.07) is 18.0. The zero-order valence-corrected chi connectivity index (χ0v) is 17.5. The van der Waals surface area contributed by atoms with Gasteiger partial charge in [-0.05, 0) is 36.2 Å². The lowest BCUT2D eigenvalue weighted by molar-refractivity contribution is 0.175. The van der Waals surface area contributed by atoms with Crippen LogP contribution in [0.3, 0.4) is 0 Å². The summed E-state index contributed by atoms with van der Waals surface area (Å²) in [7, 11) is 1.26. The molecule has 0 amide bonds. The molecule has 0 spiro atoms. The molecule has 2 atom stereocenters. The van der Waals surface area contributed by atoms with E-state index in [-0.39, 0.29) is 12.0 Å². The standard InChI is InChI=1S/C21H29N3O3S/c1-23(2)28(25,26)22-21-16-24(15-17-8-7-11-19(14-17)27-3)13-12-20(21)18-9-5-4-6-10-18/h4-11,14,20-22H,12-13,15-16H2,1-3H3/t20-,21-/m0/s1. The molecule has 0 bridgehead atoms. The number of hydrogen-bond donors (Lipinski definition) is 1. The molecule has 0 saturated carbocycles. The van der Waals surface area contributed by atoms with Gasteiger partial charge in [-0.25, -0.2) is 0 Å². The maximum atomic E-state index is 12.5. The molecule has 7 heteroatoms. The summed E-state index contributed by atoms with van der Waals surface area (Å²) in [5.74, 6) is 0.985. The molecule has 3 rings (SSSR count). The van der Waals surface area contributed by atoms with Crippen LogP contribution in [0.1, 0.15) is 23.5 Å². The van der Waals surface area contributed by atoms with Crippen molar-refractivity contribution in [3.05, 3.63) is 65.7 Å². The predicted octanol–water partition coefficient (Wildman–Crippen LogP) is 2.45. The highest BCUT2D eigenvalue weighted by Gasteiger charge is 2.33. The van der Waals surface area contributed by atoms with Crippen molar-refractivity contribution in [3.63, 3.8) is 0 Å². The largest absolute Gasteiger partial charge is 0.497 e. The Hall–Kier alpha value is -1.93. The minimum absolute atomic E-state index is 0.150. The molecule has 0 aliphatic carbocycles. The Balaban J connectivity index is 1.79. The number of nitrogens with zero attached hydrogens (tertiary/aromatic N) is 2. The Kier molecular flexibility index (Phi) is 6.72. The van der Waals surface area contributed by atoms with E-state index >= 15 is 0 Å². The normalized spacial score (nSPS) is 21.0. The van der Waals surface area contributed by atoms with Gasteiger partial charge in [-0.3, -0.25) is 4.90 Å². The molecule has 0 radical (unpaired) electrons. The van der Waals surface area contributed by atoms with Crippen molar-refractivity contribution >= 4 is 10.2 Å². The maximum Gasteiger partial charge on any atom is 0.279 e. The van der Waals surface area contributed by atoms with Crippen molar-refractivity contribution in [2.75, 3.05) is 34.3 Å². The van der Waals surface area contributed by atoms with Crippen LogP contribution < -0.4 is 9.46 Å². The van der Waals surface area contributed by atoms with Gasteiger partial charge < -0.3 is 4.74 Å². The fourth-order valence-corrected chi connectivity index (χ4v) is 4.54. The Morgan fingerprint density at radius 1 is 1.14 bits per heavy atom. The lowest BCUT2D eigenvalue weighted by atomic mass is 9.85. The Morgan fingerprint density at radius 3 is 2.57 bits per heavy atom. The van der Waals surface area contributed by atoms with E-state index in [2.05, 4.69) is 27.8 Å². The van der Waals surface area contributed by atoms with Crippen molar-refractivity contribution in [1.82, 2.24) is 13.9 Å². The zero-order valence-electron chi connectivity index (χ0n) is 16.7. The topological polar surface area (TPSA) is 61.9 Å². The second-order valence-electron chi connectivity index (χ2n) is 7.40. The SMILES string of the molecule is COc1cccc(CN2CC[C@@H](c3ccccc3)[C@@H](NS(=O)(=O)N(C)C)C2)c1. The number of nitrogens with one attached hydrogen (secondary N) is 1. The number of hydrogen-bond acceptors (Lipinski definition) is 4. The summed E-state index contributed by atoms with van der Waals surface area (Å²) in [5, 5.41) is 0. The maximum absolute atomic E-state index is 12.5. The van der Waals surface area contributed by atoms with Gasteiger partial charge in [0.05, 0.1) is 7.11 Å². The van der Waals surface area contributed by atoms with Gasteiger partial charge in [-0.2, -0.15) is 17.4 Å². The molecular weight excluding hydrogens is 374 g/mol. The number of piperidine rings is 1. The van der Waals surface area contributed by atoms with Crippen LogP contribution in [0, 0.1) is 0 Å². The predicted molar refractivity (Wildman–Crippen MR) is 112 cm³/mol. The van der Waals surface area contributed by atoms with E-state index in [1.54, 1.807) is 21.2 Å². The second kappa shape index (κ2) is 9.05. The first-order chi connectivity index (χ1) is 13.4. The van der Waals surface area contributed by atoms with Crippen LogP contribution in [0.4, 0.5) is 0 Å². The molecule has 1 heterocycles. The van der Waals surface area contributed by atoms with Gasteiger partial charge in [0.1, 0.15) is 5.75 Å². The van der Waals surface area contributed by atoms with Crippen molar-refractivity contribution in [2.45, 2.75) is 24.9 Å². The van der Waals surface area contributed by atoms with Crippen molar-refractivity contribution in [1.29, 1.82) is 0 Å². The average molecular weight is 404 g/mol. The monoisotopic (exact) mass is 403 g/mol. The average Bonchev–Trinajstić information content (AvgIpc) is 2.68. The van der Waals surface area contributed by atoms with Gasteiger partial charge in [-0.1, -0.05) is 42.5 Å². The summed E-state index contributed by atoms with van der Waals surface area (Å²) in [6.45, 7) is 2.33. The van der Waals surface area contributed by atoms with E-state index in [0.717, 1.165) is 30.8 Å². The third-order valence-corrected chi connectivity index (χ3v) is 6.81. The van der Waals surface area contributed by atoms with Crippen LogP contribution in [0.5, 0.6) is 5.75 Å². The molecule has 0 unspecified atom stereocenters. The summed E-state index contributed by atoms with van der Waals surface area (Å²) < 4.78 is 34.5. The van der Waals surface area contributed by atoms with E-state index in [0.29, 0.717) is 6.54 Å². The highest BCUT2D eigenvalue weighted by atomic mass is 32.2. The van der Waals surface area contributed by atoms with Gasteiger partial charge in [0.15, 0.2) is 0 Å². The molecule has 2 aromatic carbocycles. The minimum Gasteiger partial charge on any atom is -0.497 e. The molecule has 1 N–H and O–H groups in total. The molecule has 152 valence electrons. The summed E-state index contributed by atoms with van der Waals surface area (Å²) >= 11 is 0. The molecular formula is C21H29N3O3S. The first-order valence-electron chi connectivity index (χ1n) is 9.49. The van der Waals surface area contributed by atoms with Gasteiger partial charge in [0.2, 0.25) is 0 Å². The number of likely N-dealkylation sites (tertiary alicyclic amines) is 1. The van der Waals surface area contributed by atoms with E-state index in [1.165, 1.54) is 9.87 Å². The van der Waals surface area contributed by atoms with Crippen LogP contribution in [-0.2, 0) is 16.8 Å². The molecule has 1 aliphatic heterocycles. The highest BCUT2D eigenvalue weighted by molar-refractivity contribution is 7.87. The number of benzene rings is 2. The fourth-order valence-electron chi connectivity index (χ4n) is 3.71. The highest BCUT2D eigenvalue weighted by Crippen LogP contribution is 2.30. The molecule has 1 saturated heterocycles. The summed E-state index contributed by atoms with van der Waals surface area (Å²) in [5.41, 5.74) is 2.33. The van der Waals surface area contributed by atoms with E-state index < -0.39 is 10.2 Å². The van der Waals surface area contributed by atoms with Gasteiger partial charge in [0, 0.05) is 39.1 Å². The molecule has 0 aromatic heterocycles. The van der Waals surface area contributed by atoms with Crippen LogP contribution in [0.15, 0.2) is 54.6 Å². The van der Waals surface area contributed by atoms with Crippen LogP contribution in [0.2, 0.25) is 0 Å². The number of rotatable bonds is 7. The summed E-state index contributed by atoms with van der Waals surface area (Å²) in [4.78, 5) is 2.30. The number of methoxy groups -OCH3 is 1. The smallest absolute Gasteiger partial charge is 0.279 e. The minimum atomic E-state index is -3.51. The Morgan fingerprint density at radius 2 is 1.89 bits per heavy atom. The lowest BCUT2D eigenvalue weighted by Crippen LogP contribution is -2.53. The van der Waals surface area contributed by atoms with Gasteiger partial charge in [-0.15, -0.1) is 0 Å². The second-order valence-corrected chi connectivity index (χ2v) is 9.32. The Labute approximate surface area is 168 Å². The Bertz CT molecular complexity index is 871. The van der Waals surface area contributed by atoms with Crippen LogP contribution in [0.25, 0.3) is 0 Å². The van der Waals surface area contributed by atoms with E-state index in [9.17, 15) is 8.42 Å². The summed E-state index contributed by atoms with van der Waals surface area (Å²) in [6.07, 6.45) is 0.897. The van der Waals surface area contributed by atoms with E-state index in [1.807, 2.05) is 36.4 Å². The number of ether oxygens (including phenoxy) is 1.